The van der Waals surface area contributed by atoms with Gasteiger partial charge in [-0.15, -0.1) is 0 Å². The molecule has 0 saturated heterocycles. The maximum atomic E-state index is 11.2. The van der Waals surface area contributed by atoms with Gasteiger partial charge < -0.3 is 30.8 Å². The average molecular weight is 400 g/mol. The molecule has 0 bridgehead atoms. The van der Waals surface area contributed by atoms with Crippen LogP contribution < -0.4 is 10.6 Å². The minimum Gasteiger partial charge on any atom is -0.480 e. The summed E-state index contributed by atoms with van der Waals surface area (Å²) in [5.41, 5.74) is 1.42. The summed E-state index contributed by atoms with van der Waals surface area (Å²) in [6.07, 6.45) is 3.56. The van der Waals surface area contributed by atoms with Crippen molar-refractivity contribution in [3.05, 3.63) is 24.0 Å². The van der Waals surface area contributed by atoms with Crippen molar-refractivity contribution in [3.63, 3.8) is 0 Å². The van der Waals surface area contributed by atoms with Gasteiger partial charge in [-0.25, -0.2) is 9.97 Å². The lowest BCUT2D eigenvalue weighted by Crippen LogP contribution is -2.36. The second-order valence-electron chi connectivity index (χ2n) is 5.31. The van der Waals surface area contributed by atoms with Gasteiger partial charge in [-0.2, -0.15) is 0 Å². The molecule has 1 unspecified atom stereocenters. The molecule has 142 valence electrons. The van der Waals surface area contributed by atoms with E-state index in [2.05, 4.69) is 30.6 Å². The highest BCUT2D eigenvalue weighted by Gasteiger charge is 2.21. The van der Waals surface area contributed by atoms with Crippen molar-refractivity contribution >= 4 is 33.5 Å². The Kier molecular flexibility index (Phi) is 7.50. The molecular weight excluding hydrogens is 380 g/mol. The predicted molar refractivity (Wildman–Crippen MR) is 97.3 cm³/mol. The van der Waals surface area contributed by atoms with Crippen LogP contribution in [0.25, 0.3) is 0 Å². The SMILES string of the molecule is CNC(Cc1[nH]cnc1SSc1nc[nH]c1C[C@H](NC)C(=O)O)C(=O)O. The van der Waals surface area contributed by atoms with Crippen molar-refractivity contribution in [3.8, 4) is 0 Å². The van der Waals surface area contributed by atoms with Crippen molar-refractivity contribution in [2.75, 3.05) is 14.1 Å². The van der Waals surface area contributed by atoms with E-state index >= 15 is 0 Å². The number of carboxylic acid groups (broad SMARTS) is 2. The molecule has 0 aliphatic heterocycles. The lowest BCUT2D eigenvalue weighted by atomic mass is 10.2. The molecule has 2 heterocycles. The number of H-pyrrole nitrogens is 2. The summed E-state index contributed by atoms with van der Waals surface area (Å²) in [5, 5.41) is 25.1. The number of carboxylic acids is 2. The summed E-state index contributed by atoms with van der Waals surface area (Å²) in [7, 11) is 5.85. The Morgan fingerprint density at radius 1 is 0.962 bits per heavy atom. The molecule has 0 fully saturated rings. The first-order valence-corrected chi connectivity index (χ1v) is 9.80. The number of nitrogens with one attached hydrogen (secondary N) is 4. The predicted octanol–water partition coefficient (Wildman–Crippen LogP) is 0.362. The van der Waals surface area contributed by atoms with Gasteiger partial charge in [0.2, 0.25) is 0 Å². The van der Waals surface area contributed by atoms with Crippen LogP contribution in [0.5, 0.6) is 0 Å². The lowest BCUT2D eigenvalue weighted by Gasteiger charge is -2.11. The number of likely N-dealkylation sites (N-methyl/N-ethyl adjacent to an activating group) is 2. The molecule has 6 N–H and O–H groups in total. The number of aromatic amines is 2. The Labute approximate surface area is 157 Å². The van der Waals surface area contributed by atoms with Crippen molar-refractivity contribution in [1.82, 2.24) is 30.6 Å². The summed E-state index contributed by atoms with van der Waals surface area (Å²) in [6, 6.07) is -1.43. The zero-order valence-electron chi connectivity index (χ0n) is 14.1. The van der Waals surface area contributed by atoms with Crippen LogP contribution in [0.4, 0.5) is 0 Å². The van der Waals surface area contributed by atoms with E-state index < -0.39 is 24.0 Å². The standard InChI is InChI=1S/C14H20N6O4S2/c1-15-9(13(21)22)3-7-11(19-5-17-7)25-26-12-8(18-6-20-12)4-10(16-2)14(23)24/h5-6,9-10,15-16H,3-4H2,1-2H3,(H,17,19)(H,18,20)(H,21,22)(H,23,24)/t9-,10?/m0/s1. The van der Waals surface area contributed by atoms with E-state index in [9.17, 15) is 9.59 Å². The summed E-state index contributed by atoms with van der Waals surface area (Å²) < 4.78 is 0. The molecule has 12 heteroatoms. The van der Waals surface area contributed by atoms with Crippen LogP contribution in [0.3, 0.4) is 0 Å². The molecule has 0 amide bonds. The lowest BCUT2D eigenvalue weighted by molar-refractivity contribution is -0.140. The van der Waals surface area contributed by atoms with Gasteiger partial charge in [-0.3, -0.25) is 9.59 Å². The summed E-state index contributed by atoms with van der Waals surface area (Å²) in [5.74, 6) is -1.88. The molecule has 0 saturated carbocycles. The highest BCUT2D eigenvalue weighted by Crippen LogP contribution is 2.38. The van der Waals surface area contributed by atoms with E-state index in [0.29, 0.717) is 21.4 Å². The van der Waals surface area contributed by atoms with Gasteiger partial charge in [-0.05, 0) is 35.7 Å². The number of hydrogen-bond acceptors (Lipinski definition) is 8. The Morgan fingerprint density at radius 3 is 1.65 bits per heavy atom. The first-order valence-electron chi connectivity index (χ1n) is 7.65. The second-order valence-corrected chi connectivity index (χ2v) is 7.41. The summed E-state index contributed by atoms with van der Waals surface area (Å²) >= 11 is 0. The molecule has 0 radical (unpaired) electrons. The molecule has 2 aromatic heterocycles. The number of aliphatic carboxylic acids is 2. The van der Waals surface area contributed by atoms with Crippen LogP contribution >= 0.6 is 21.6 Å². The summed E-state index contributed by atoms with van der Waals surface area (Å²) in [6.45, 7) is 0. The van der Waals surface area contributed by atoms with Crippen LogP contribution in [0.1, 0.15) is 11.4 Å². The van der Waals surface area contributed by atoms with E-state index in [0.717, 1.165) is 0 Å². The summed E-state index contributed by atoms with van der Waals surface area (Å²) in [4.78, 5) is 36.7. The quantitative estimate of drug-likeness (QED) is 0.291. The molecule has 2 rings (SSSR count). The Bertz CT molecular complexity index is 687. The van der Waals surface area contributed by atoms with Crippen molar-refractivity contribution < 1.29 is 19.8 Å². The van der Waals surface area contributed by atoms with E-state index in [1.807, 2.05) is 0 Å². The zero-order chi connectivity index (χ0) is 19.1. The molecule has 2 atom stereocenters. The fraction of sp³-hybridized carbons (Fsp3) is 0.429. The maximum absolute atomic E-state index is 11.2. The van der Waals surface area contributed by atoms with Gasteiger partial charge in [0.15, 0.2) is 0 Å². The van der Waals surface area contributed by atoms with E-state index in [1.165, 1.54) is 34.2 Å². The van der Waals surface area contributed by atoms with Crippen molar-refractivity contribution in [2.45, 2.75) is 35.0 Å². The topological polar surface area (TPSA) is 156 Å². The monoisotopic (exact) mass is 400 g/mol. The normalized spacial score (nSPS) is 13.5. The highest BCUT2D eigenvalue weighted by atomic mass is 33.1. The van der Waals surface area contributed by atoms with Crippen molar-refractivity contribution in [1.29, 1.82) is 0 Å². The third kappa shape index (κ3) is 5.24. The second kappa shape index (κ2) is 9.62. The van der Waals surface area contributed by atoms with E-state index in [-0.39, 0.29) is 12.8 Å². The molecule has 26 heavy (non-hydrogen) atoms. The Balaban J connectivity index is 2.03. The van der Waals surface area contributed by atoms with Crippen LogP contribution in [0.15, 0.2) is 22.7 Å². The van der Waals surface area contributed by atoms with Crippen LogP contribution in [0, 0.1) is 0 Å². The number of rotatable bonds is 11. The minimum absolute atomic E-state index is 0.267. The molecule has 10 nitrogen and oxygen atoms in total. The molecule has 2 aromatic rings. The fourth-order valence-electron chi connectivity index (χ4n) is 2.17. The highest BCUT2D eigenvalue weighted by molar-refractivity contribution is 8.76. The molecule has 0 aliphatic carbocycles. The smallest absolute Gasteiger partial charge is 0.321 e. The van der Waals surface area contributed by atoms with Gasteiger partial charge in [0.25, 0.3) is 0 Å². The van der Waals surface area contributed by atoms with Crippen LogP contribution in [-0.4, -0.2) is 68.3 Å². The fourth-order valence-corrected chi connectivity index (χ4v) is 4.34. The maximum Gasteiger partial charge on any atom is 0.321 e. The minimum atomic E-state index is -0.938. The largest absolute Gasteiger partial charge is 0.480 e. The first-order chi connectivity index (χ1) is 12.5. The average Bonchev–Trinajstić information content (AvgIpc) is 3.23. The third-order valence-electron chi connectivity index (χ3n) is 3.67. The Morgan fingerprint density at radius 2 is 1.35 bits per heavy atom. The number of aromatic nitrogens is 4. The zero-order valence-corrected chi connectivity index (χ0v) is 15.8. The molecule has 0 spiro atoms. The van der Waals surface area contributed by atoms with Crippen LogP contribution in [-0.2, 0) is 22.4 Å². The van der Waals surface area contributed by atoms with E-state index in [4.69, 9.17) is 10.2 Å². The van der Waals surface area contributed by atoms with Crippen LogP contribution in [0.2, 0.25) is 0 Å². The van der Waals surface area contributed by atoms with E-state index in [1.54, 1.807) is 14.1 Å². The molecular formula is C14H20N6O4S2. The van der Waals surface area contributed by atoms with Gasteiger partial charge in [-0.1, -0.05) is 0 Å². The number of carbonyl (C=O) groups is 2. The first kappa shape index (κ1) is 20.3. The van der Waals surface area contributed by atoms with Gasteiger partial charge in [0, 0.05) is 12.8 Å². The van der Waals surface area contributed by atoms with Gasteiger partial charge in [0.05, 0.1) is 24.0 Å². The number of nitrogens with zero attached hydrogens (tertiary/aromatic N) is 2. The number of hydrogen-bond donors (Lipinski definition) is 6. The Hall–Kier alpha value is -2.02. The van der Waals surface area contributed by atoms with Gasteiger partial charge >= 0.3 is 11.9 Å². The molecule has 0 aromatic carbocycles. The van der Waals surface area contributed by atoms with Crippen molar-refractivity contribution in [2.24, 2.45) is 0 Å². The van der Waals surface area contributed by atoms with Gasteiger partial charge in [0.1, 0.15) is 22.1 Å². The molecule has 0 aliphatic rings. The third-order valence-corrected chi connectivity index (χ3v) is 5.97. The number of imidazole rings is 2.